The third-order valence-corrected chi connectivity index (χ3v) is 8.46. The highest BCUT2D eigenvalue weighted by Gasteiger charge is 2.64. The summed E-state index contributed by atoms with van der Waals surface area (Å²) in [4.78, 5) is 36.8. The van der Waals surface area contributed by atoms with Gasteiger partial charge < -0.3 is 5.11 Å². The molecule has 3 fully saturated rings. The van der Waals surface area contributed by atoms with Crippen LogP contribution in [0.25, 0.3) is 0 Å². The first-order valence-corrected chi connectivity index (χ1v) is 10.7. The number of hydrogen-bond donors (Lipinski definition) is 1. The highest BCUT2D eigenvalue weighted by atomic mass is 16.4. The van der Waals surface area contributed by atoms with Gasteiger partial charge in [0.25, 0.3) is 0 Å². The maximum Gasteiger partial charge on any atom is 0.331 e. The van der Waals surface area contributed by atoms with Gasteiger partial charge in [0.1, 0.15) is 5.78 Å². The van der Waals surface area contributed by atoms with Crippen LogP contribution in [-0.2, 0) is 14.4 Å². The first-order valence-electron chi connectivity index (χ1n) is 10.7. The lowest BCUT2D eigenvalue weighted by atomic mass is 9.43. The van der Waals surface area contributed by atoms with Crippen LogP contribution in [0.4, 0.5) is 0 Å². The molecular weight excluding hydrogens is 364 g/mol. The van der Waals surface area contributed by atoms with Gasteiger partial charge in [-0.1, -0.05) is 45.9 Å². The predicted octanol–water partition coefficient (Wildman–Crippen LogP) is 5.29. The normalized spacial score (nSPS) is 38.8. The number of carboxylic acids is 1. The molecule has 0 heterocycles. The van der Waals surface area contributed by atoms with Gasteiger partial charge in [-0.15, -0.1) is 0 Å². The van der Waals surface area contributed by atoms with Crippen LogP contribution in [0.5, 0.6) is 0 Å². The quantitative estimate of drug-likeness (QED) is 0.518. The smallest absolute Gasteiger partial charge is 0.331 e. The standard InChI is InChI=1S/C25H34O4/c1-15(8-7-9-16(2)22(28)29)21-17(26)14-19-24(5)13-11-20(27)23(3,4)18(24)10-12-25(19,21)6/h7-9,18-19H,10-14H2,1-6H3,(H,28,29)/b8-7+,16-9+,21-15+/t18-,19-,24-,25-/m0/s1. The summed E-state index contributed by atoms with van der Waals surface area (Å²) in [5.41, 5.74) is 1.60. The molecule has 0 bridgehead atoms. The van der Waals surface area contributed by atoms with E-state index in [2.05, 4.69) is 27.7 Å². The lowest BCUT2D eigenvalue weighted by Crippen LogP contribution is -2.56. The molecule has 0 aliphatic heterocycles. The highest BCUT2D eigenvalue weighted by molar-refractivity contribution is 6.01. The second-order valence-electron chi connectivity index (χ2n) is 10.4. The van der Waals surface area contributed by atoms with Crippen molar-refractivity contribution in [2.45, 2.75) is 73.6 Å². The van der Waals surface area contributed by atoms with Crippen molar-refractivity contribution in [2.24, 2.45) is 28.1 Å². The lowest BCUT2D eigenvalue weighted by molar-refractivity contribution is -0.154. The van der Waals surface area contributed by atoms with Gasteiger partial charge in [-0.2, -0.15) is 0 Å². The predicted molar refractivity (Wildman–Crippen MR) is 113 cm³/mol. The van der Waals surface area contributed by atoms with E-state index in [0.29, 0.717) is 24.5 Å². The summed E-state index contributed by atoms with van der Waals surface area (Å²) in [5, 5.41) is 9.00. The third-order valence-electron chi connectivity index (χ3n) is 8.46. The summed E-state index contributed by atoms with van der Waals surface area (Å²) in [6.45, 7) is 12.3. The van der Waals surface area contributed by atoms with E-state index in [4.69, 9.17) is 5.11 Å². The molecule has 3 aliphatic carbocycles. The molecule has 0 spiro atoms. The van der Waals surface area contributed by atoms with E-state index in [0.717, 1.165) is 30.4 Å². The summed E-state index contributed by atoms with van der Waals surface area (Å²) in [6, 6.07) is 0. The number of Topliss-reactive ketones (excluding diaryl/α,β-unsaturated/α-hetero) is 2. The Labute approximate surface area is 174 Å². The molecule has 4 nitrogen and oxygen atoms in total. The molecule has 3 rings (SSSR count). The second kappa shape index (κ2) is 7.07. The van der Waals surface area contributed by atoms with Crippen molar-refractivity contribution in [1.29, 1.82) is 0 Å². The Balaban J connectivity index is 1.99. The van der Waals surface area contributed by atoms with Crippen LogP contribution in [0.3, 0.4) is 0 Å². The van der Waals surface area contributed by atoms with E-state index < -0.39 is 5.97 Å². The van der Waals surface area contributed by atoms with Crippen LogP contribution in [0, 0.1) is 28.1 Å². The zero-order chi connectivity index (χ0) is 21.8. The summed E-state index contributed by atoms with van der Waals surface area (Å²) in [7, 11) is 0. The van der Waals surface area contributed by atoms with Crippen molar-refractivity contribution < 1.29 is 19.5 Å². The summed E-state index contributed by atoms with van der Waals surface area (Å²) in [6.07, 6.45) is 9.09. The monoisotopic (exact) mass is 398 g/mol. The van der Waals surface area contributed by atoms with Crippen LogP contribution in [0.2, 0.25) is 0 Å². The number of hydrogen-bond acceptors (Lipinski definition) is 3. The molecule has 4 heteroatoms. The number of aliphatic carboxylic acids is 1. The van der Waals surface area contributed by atoms with E-state index in [1.807, 2.05) is 13.0 Å². The van der Waals surface area contributed by atoms with E-state index in [1.54, 1.807) is 19.1 Å². The molecule has 0 unspecified atom stereocenters. The average Bonchev–Trinajstić information content (AvgIpc) is 2.90. The molecule has 1 N–H and O–H groups in total. The Morgan fingerprint density at radius 2 is 1.72 bits per heavy atom. The van der Waals surface area contributed by atoms with Gasteiger partial charge in [-0.05, 0) is 55.9 Å². The van der Waals surface area contributed by atoms with Crippen LogP contribution in [0.1, 0.15) is 73.6 Å². The fourth-order valence-electron chi connectivity index (χ4n) is 6.88. The number of fused-ring (bicyclic) bond motifs is 3. The minimum Gasteiger partial charge on any atom is -0.478 e. The molecule has 0 aromatic heterocycles. The first-order chi connectivity index (χ1) is 13.4. The Kier molecular flexibility index (Phi) is 5.30. The van der Waals surface area contributed by atoms with Crippen molar-refractivity contribution in [1.82, 2.24) is 0 Å². The number of ketones is 2. The zero-order valence-corrected chi connectivity index (χ0v) is 18.6. The average molecular weight is 399 g/mol. The van der Waals surface area contributed by atoms with E-state index in [-0.39, 0.29) is 33.5 Å². The second-order valence-corrected chi connectivity index (χ2v) is 10.4. The number of carbonyl (C=O) groups excluding carboxylic acids is 2. The van der Waals surface area contributed by atoms with Crippen molar-refractivity contribution in [2.75, 3.05) is 0 Å². The Morgan fingerprint density at radius 1 is 1.07 bits per heavy atom. The van der Waals surface area contributed by atoms with Gasteiger partial charge in [0, 0.05) is 34.8 Å². The molecular formula is C25H34O4. The number of allylic oxidation sites excluding steroid dienone is 5. The maximum atomic E-state index is 13.2. The number of carboxylic acid groups (broad SMARTS) is 1. The first kappa shape index (κ1) is 21.7. The Hall–Kier alpha value is -1.97. The van der Waals surface area contributed by atoms with Gasteiger partial charge >= 0.3 is 5.97 Å². The summed E-state index contributed by atoms with van der Waals surface area (Å²) >= 11 is 0. The summed E-state index contributed by atoms with van der Waals surface area (Å²) < 4.78 is 0. The highest BCUT2D eigenvalue weighted by Crippen LogP contribution is 2.68. The van der Waals surface area contributed by atoms with E-state index in [1.165, 1.54) is 0 Å². The van der Waals surface area contributed by atoms with Gasteiger partial charge in [-0.3, -0.25) is 9.59 Å². The molecule has 0 saturated heterocycles. The number of rotatable bonds is 3. The molecule has 4 atom stereocenters. The molecule has 0 aromatic rings. The largest absolute Gasteiger partial charge is 0.478 e. The molecule has 158 valence electrons. The van der Waals surface area contributed by atoms with Crippen LogP contribution in [-0.4, -0.2) is 22.6 Å². The fraction of sp³-hybridized carbons (Fsp3) is 0.640. The van der Waals surface area contributed by atoms with Gasteiger partial charge in [0.15, 0.2) is 5.78 Å². The van der Waals surface area contributed by atoms with Crippen molar-refractivity contribution in [3.05, 3.63) is 34.9 Å². The minimum atomic E-state index is -0.940. The van der Waals surface area contributed by atoms with Gasteiger partial charge in [0.05, 0.1) is 0 Å². The zero-order valence-electron chi connectivity index (χ0n) is 18.6. The van der Waals surface area contributed by atoms with Crippen LogP contribution < -0.4 is 0 Å². The molecule has 3 saturated carbocycles. The third kappa shape index (κ3) is 3.25. The van der Waals surface area contributed by atoms with Crippen molar-refractivity contribution >= 4 is 17.5 Å². The van der Waals surface area contributed by atoms with Crippen molar-refractivity contribution in [3.8, 4) is 0 Å². The van der Waals surface area contributed by atoms with E-state index >= 15 is 0 Å². The Bertz CT molecular complexity index is 856. The molecule has 29 heavy (non-hydrogen) atoms. The molecule has 0 amide bonds. The summed E-state index contributed by atoms with van der Waals surface area (Å²) in [5.74, 6) is 0.213. The van der Waals surface area contributed by atoms with Gasteiger partial charge in [-0.25, -0.2) is 4.79 Å². The SMILES string of the molecule is CC(/C=C/C=C(\C)C(=O)O)=C1/C(=O)C[C@H]2[C@@]3(C)CCC(=O)C(C)(C)[C@@H]3CC[C@]12C. The topological polar surface area (TPSA) is 71.4 Å². The van der Waals surface area contributed by atoms with Crippen LogP contribution in [0.15, 0.2) is 34.9 Å². The van der Waals surface area contributed by atoms with Crippen LogP contribution >= 0.6 is 0 Å². The molecule has 0 radical (unpaired) electrons. The fourth-order valence-corrected chi connectivity index (χ4v) is 6.88. The van der Waals surface area contributed by atoms with Gasteiger partial charge in [0.2, 0.25) is 0 Å². The Morgan fingerprint density at radius 3 is 2.34 bits per heavy atom. The lowest BCUT2D eigenvalue weighted by Gasteiger charge is -2.60. The molecule has 0 aromatic carbocycles. The van der Waals surface area contributed by atoms with E-state index in [9.17, 15) is 14.4 Å². The van der Waals surface area contributed by atoms with Crippen molar-refractivity contribution in [3.63, 3.8) is 0 Å². The minimum absolute atomic E-state index is 0.00832. The maximum absolute atomic E-state index is 13.2. The number of carbonyl (C=O) groups is 3. The molecule has 3 aliphatic rings.